The second kappa shape index (κ2) is 4.28. The SMILES string of the molecule is C[C@@]12C=C[C@](CO)(O1)[C@@H]1C(=O)N(c3cccc(Br)c3)C(=O)[C@@H]12. The van der Waals surface area contributed by atoms with Crippen molar-refractivity contribution in [3.8, 4) is 0 Å². The summed E-state index contributed by atoms with van der Waals surface area (Å²) in [7, 11) is 0. The van der Waals surface area contributed by atoms with Gasteiger partial charge in [0.05, 0.1) is 29.7 Å². The Morgan fingerprint density at radius 2 is 2.00 bits per heavy atom. The molecular weight excluding hydrogens is 350 g/mol. The molecule has 1 aromatic rings. The molecule has 0 saturated carbocycles. The van der Waals surface area contributed by atoms with Gasteiger partial charge in [0.15, 0.2) is 0 Å². The van der Waals surface area contributed by atoms with Gasteiger partial charge >= 0.3 is 0 Å². The van der Waals surface area contributed by atoms with Gasteiger partial charge in [0.25, 0.3) is 0 Å². The van der Waals surface area contributed by atoms with E-state index in [-0.39, 0.29) is 18.4 Å². The molecule has 4 atom stereocenters. The number of amides is 2. The Hall–Kier alpha value is -1.50. The van der Waals surface area contributed by atoms with Crippen molar-refractivity contribution in [3.05, 3.63) is 40.9 Å². The van der Waals surface area contributed by atoms with E-state index >= 15 is 0 Å². The maximum Gasteiger partial charge on any atom is 0.241 e. The number of carbonyl (C=O) groups is 2. The third kappa shape index (κ3) is 1.55. The molecule has 0 aliphatic carbocycles. The van der Waals surface area contributed by atoms with Crippen LogP contribution in [0.5, 0.6) is 0 Å². The normalized spacial score (nSPS) is 39.0. The number of benzene rings is 1. The van der Waals surface area contributed by atoms with E-state index in [1.807, 2.05) is 6.07 Å². The van der Waals surface area contributed by atoms with Crippen molar-refractivity contribution in [3.63, 3.8) is 0 Å². The first-order valence-corrected chi connectivity index (χ1v) is 7.86. The van der Waals surface area contributed by atoms with E-state index in [0.717, 1.165) is 4.47 Å². The van der Waals surface area contributed by atoms with Gasteiger partial charge in [0, 0.05) is 4.47 Å². The number of aliphatic hydroxyl groups is 1. The highest BCUT2D eigenvalue weighted by Gasteiger charge is 2.72. The third-order valence-corrected chi connectivity index (χ3v) is 5.36. The van der Waals surface area contributed by atoms with Gasteiger partial charge in [0.2, 0.25) is 11.8 Å². The number of carbonyl (C=O) groups excluding carboxylic acids is 2. The zero-order valence-corrected chi connectivity index (χ0v) is 13.4. The Balaban J connectivity index is 1.82. The largest absolute Gasteiger partial charge is 0.393 e. The zero-order chi connectivity index (χ0) is 15.7. The highest BCUT2D eigenvalue weighted by Crippen LogP contribution is 2.57. The fourth-order valence-corrected chi connectivity index (χ4v) is 4.30. The van der Waals surface area contributed by atoms with Gasteiger partial charge in [-0.25, -0.2) is 4.90 Å². The van der Waals surface area contributed by atoms with Gasteiger partial charge in [-0.2, -0.15) is 0 Å². The van der Waals surface area contributed by atoms with Crippen molar-refractivity contribution in [1.82, 2.24) is 0 Å². The van der Waals surface area contributed by atoms with Gasteiger partial charge in [-0.1, -0.05) is 34.1 Å². The predicted octanol–water partition coefficient (Wildman–Crippen LogP) is 1.64. The maximum atomic E-state index is 12.9. The number of rotatable bonds is 2. The van der Waals surface area contributed by atoms with Crippen LogP contribution in [0, 0.1) is 11.8 Å². The molecule has 3 aliphatic rings. The number of halogens is 1. The lowest BCUT2D eigenvalue weighted by molar-refractivity contribution is -0.131. The molecule has 3 aliphatic heterocycles. The summed E-state index contributed by atoms with van der Waals surface area (Å²) in [4.78, 5) is 26.9. The van der Waals surface area contributed by atoms with E-state index in [0.29, 0.717) is 5.69 Å². The first-order valence-electron chi connectivity index (χ1n) is 7.07. The molecule has 6 heteroatoms. The van der Waals surface area contributed by atoms with Crippen LogP contribution < -0.4 is 4.90 Å². The Labute approximate surface area is 135 Å². The van der Waals surface area contributed by atoms with Gasteiger partial charge in [-0.3, -0.25) is 9.59 Å². The molecule has 2 bridgehead atoms. The summed E-state index contributed by atoms with van der Waals surface area (Å²) in [6.07, 6.45) is 3.52. The lowest BCUT2D eigenvalue weighted by atomic mass is 9.73. The van der Waals surface area contributed by atoms with Crippen LogP contribution in [-0.4, -0.2) is 34.7 Å². The van der Waals surface area contributed by atoms with Crippen LogP contribution in [0.25, 0.3) is 0 Å². The van der Waals surface area contributed by atoms with Crippen LogP contribution in [-0.2, 0) is 14.3 Å². The van der Waals surface area contributed by atoms with Crippen LogP contribution in [0.1, 0.15) is 6.92 Å². The molecule has 1 aromatic carbocycles. The van der Waals surface area contributed by atoms with E-state index in [2.05, 4.69) is 15.9 Å². The summed E-state index contributed by atoms with van der Waals surface area (Å²) in [5.41, 5.74) is -1.37. The number of nitrogens with zero attached hydrogens (tertiary/aromatic N) is 1. The summed E-state index contributed by atoms with van der Waals surface area (Å²) in [6.45, 7) is 1.48. The minimum atomic E-state index is -1.08. The molecule has 22 heavy (non-hydrogen) atoms. The molecule has 2 amide bonds. The quantitative estimate of drug-likeness (QED) is 0.640. The highest BCUT2D eigenvalue weighted by atomic mass is 79.9. The van der Waals surface area contributed by atoms with E-state index in [4.69, 9.17) is 4.74 Å². The lowest BCUT2D eigenvalue weighted by Crippen LogP contribution is -2.43. The molecule has 0 aromatic heterocycles. The Morgan fingerprint density at radius 3 is 2.68 bits per heavy atom. The van der Waals surface area contributed by atoms with Crippen LogP contribution >= 0.6 is 15.9 Å². The van der Waals surface area contributed by atoms with Gasteiger partial charge < -0.3 is 9.84 Å². The van der Waals surface area contributed by atoms with Gasteiger partial charge in [0.1, 0.15) is 5.60 Å². The molecule has 0 spiro atoms. The summed E-state index contributed by atoms with van der Waals surface area (Å²) >= 11 is 3.35. The van der Waals surface area contributed by atoms with E-state index in [9.17, 15) is 14.7 Å². The predicted molar refractivity (Wildman–Crippen MR) is 82.1 cm³/mol. The van der Waals surface area contributed by atoms with Crippen LogP contribution in [0.15, 0.2) is 40.9 Å². The number of hydrogen-bond donors (Lipinski definition) is 1. The second-order valence-corrected chi connectivity index (χ2v) is 7.10. The summed E-state index contributed by atoms with van der Waals surface area (Å²) in [6, 6.07) is 7.08. The highest BCUT2D eigenvalue weighted by molar-refractivity contribution is 9.10. The second-order valence-electron chi connectivity index (χ2n) is 6.18. The minimum Gasteiger partial charge on any atom is -0.393 e. The van der Waals surface area contributed by atoms with Crippen molar-refractivity contribution in [1.29, 1.82) is 0 Å². The number of hydrogen-bond acceptors (Lipinski definition) is 4. The van der Waals surface area contributed by atoms with Gasteiger partial charge in [-0.05, 0) is 25.1 Å². The fourth-order valence-electron chi connectivity index (χ4n) is 3.91. The topological polar surface area (TPSA) is 66.8 Å². The molecule has 3 heterocycles. The number of anilines is 1. The smallest absolute Gasteiger partial charge is 0.241 e. The molecule has 0 radical (unpaired) electrons. The lowest BCUT2D eigenvalue weighted by Gasteiger charge is -2.27. The van der Waals surface area contributed by atoms with Crippen LogP contribution in [0.3, 0.4) is 0 Å². The Morgan fingerprint density at radius 1 is 1.27 bits per heavy atom. The molecule has 2 saturated heterocycles. The Kier molecular flexibility index (Phi) is 2.74. The van der Waals surface area contributed by atoms with Crippen molar-refractivity contribution in [2.45, 2.75) is 18.1 Å². The summed E-state index contributed by atoms with van der Waals surface area (Å²) in [5.74, 6) is -1.83. The summed E-state index contributed by atoms with van der Waals surface area (Å²) in [5, 5.41) is 9.74. The molecule has 1 N–H and O–H groups in total. The molecule has 0 unspecified atom stereocenters. The fraction of sp³-hybridized carbons (Fsp3) is 0.375. The first kappa shape index (κ1) is 14.1. The van der Waals surface area contributed by atoms with E-state index in [1.54, 1.807) is 37.3 Å². The van der Waals surface area contributed by atoms with Gasteiger partial charge in [-0.15, -0.1) is 0 Å². The minimum absolute atomic E-state index is 0.268. The van der Waals surface area contributed by atoms with Crippen molar-refractivity contribution < 1.29 is 19.4 Å². The average Bonchev–Trinajstić information content (AvgIpc) is 3.05. The van der Waals surface area contributed by atoms with Crippen LogP contribution in [0.2, 0.25) is 0 Å². The average molecular weight is 364 g/mol. The molecule has 2 fully saturated rings. The number of aliphatic hydroxyl groups excluding tert-OH is 1. The number of fused-ring (bicyclic) bond motifs is 5. The third-order valence-electron chi connectivity index (χ3n) is 4.87. The first-order chi connectivity index (χ1) is 10.4. The summed E-state index contributed by atoms with van der Waals surface area (Å²) < 4.78 is 6.67. The molecule has 4 rings (SSSR count). The van der Waals surface area contributed by atoms with E-state index < -0.39 is 23.0 Å². The monoisotopic (exact) mass is 363 g/mol. The van der Waals surface area contributed by atoms with Crippen molar-refractivity contribution >= 4 is 33.4 Å². The molecule has 114 valence electrons. The van der Waals surface area contributed by atoms with Crippen LogP contribution in [0.4, 0.5) is 5.69 Å². The molecular formula is C16H14BrNO4. The molecule has 5 nitrogen and oxygen atoms in total. The van der Waals surface area contributed by atoms with Crippen molar-refractivity contribution in [2.75, 3.05) is 11.5 Å². The van der Waals surface area contributed by atoms with E-state index in [1.165, 1.54) is 4.90 Å². The zero-order valence-electron chi connectivity index (χ0n) is 11.8. The number of imide groups is 1. The maximum absolute atomic E-state index is 12.9. The Bertz CT molecular complexity index is 733. The standard InChI is InChI=1S/C16H14BrNO4/c1-15-5-6-16(8-19,22-15)12-11(15)13(20)18(14(12)21)10-4-2-3-9(17)7-10/h2-7,11-12,19H,8H2,1H3/t11-,12+,15+,16-/m1/s1. The van der Waals surface area contributed by atoms with Crippen molar-refractivity contribution in [2.24, 2.45) is 11.8 Å². The number of ether oxygens (including phenoxy) is 1.